The molecule has 0 atom stereocenters. The molecule has 1 aromatic carbocycles. The van der Waals surface area contributed by atoms with Crippen molar-refractivity contribution >= 4 is 26.9 Å². The molecule has 1 fully saturated rings. The van der Waals surface area contributed by atoms with E-state index >= 15 is 0 Å². The van der Waals surface area contributed by atoms with Gasteiger partial charge in [-0.1, -0.05) is 33.1 Å². The fraction of sp³-hybridized carbons (Fsp3) is 0.682. The lowest BCUT2D eigenvalue weighted by molar-refractivity contribution is 0.00366. The van der Waals surface area contributed by atoms with Gasteiger partial charge in [0, 0.05) is 34.1 Å². The quantitative estimate of drug-likeness (QED) is 0.562. The van der Waals surface area contributed by atoms with Crippen LogP contribution in [0, 0.1) is 11.8 Å². The van der Waals surface area contributed by atoms with E-state index in [0.29, 0.717) is 35.7 Å². The molecule has 1 aliphatic rings. The highest BCUT2D eigenvalue weighted by Gasteiger charge is 2.33. The number of halogens is 2. The molecule has 1 aliphatic carbocycles. The second-order valence-corrected chi connectivity index (χ2v) is 11.3. The van der Waals surface area contributed by atoms with E-state index in [2.05, 4.69) is 4.98 Å². The molecule has 0 unspecified atom stereocenters. The lowest BCUT2D eigenvalue weighted by atomic mass is 9.89. The van der Waals surface area contributed by atoms with Gasteiger partial charge in [-0.05, 0) is 42.9 Å². The van der Waals surface area contributed by atoms with Crippen LogP contribution in [-0.4, -0.2) is 42.9 Å². The highest BCUT2D eigenvalue weighted by atomic mass is 32.2. The Kier molecular flexibility index (Phi) is 6.96. The van der Waals surface area contributed by atoms with Crippen molar-refractivity contribution in [2.45, 2.75) is 65.3 Å². The highest BCUT2D eigenvalue weighted by molar-refractivity contribution is 7.90. The number of imidazole rings is 1. The van der Waals surface area contributed by atoms with Gasteiger partial charge in [-0.3, -0.25) is 4.31 Å². The van der Waals surface area contributed by atoms with Gasteiger partial charge in [-0.25, -0.2) is 4.98 Å². The Morgan fingerprint density at radius 3 is 2.42 bits per heavy atom. The van der Waals surface area contributed by atoms with Gasteiger partial charge in [-0.15, -0.1) is 0 Å². The highest BCUT2D eigenvalue weighted by Crippen LogP contribution is 2.34. The smallest absolute Gasteiger partial charge is 0.303 e. The molecule has 1 saturated carbocycles. The topological polar surface area (TPSA) is 58.4 Å². The predicted octanol–water partition coefficient (Wildman–Crippen LogP) is 5.00. The van der Waals surface area contributed by atoms with Gasteiger partial charge in [-0.2, -0.15) is 21.5 Å². The Labute approximate surface area is 184 Å². The van der Waals surface area contributed by atoms with Gasteiger partial charge in [0.25, 0.3) is 0 Å². The summed E-state index contributed by atoms with van der Waals surface area (Å²) >= 11 is 0. The number of alkyl halides is 2. The first-order chi connectivity index (χ1) is 14.4. The Hall–Kier alpha value is -1.74. The maximum atomic E-state index is 14.4. The van der Waals surface area contributed by atoms with Crippen LogP contribution < -0.4 is 4.31 Å². The molecule has 0 aliphatic heterocycles. The van der Waals surface area contributed by atoms with E-state index in [4.69, 9.17) is 0 Å². The van der Waals surface area contributed by atoms with Crippen LogP contribution in [0.15, 0.2) is 18.2 Å². The van der Waals surface area contributed by atoms with E-state index in [1.807, 2.05) is 13.8 Å². The summed E-state index contributed by atoms with van der Waals surface area (Å²) in [6.45, 7) is 5.66. The van der Waals surface area contributed by atoms with Gasteiger partial charge in [0.15, 0.2) is 5.82 Å². The van der Waals surface area contributed by atoms with E-state index in [9.17, 15) is 17.2 Å². The van der Waals surface area contributed by atoms with Crippen molar-refractivity contribution in [3.05, 3.63) is 24.0 Å². The zero-order valence-corrected chi connectivity index (χ0v) is 19.9. The van der Waals surface area contributed by atoms with Crippen molar-refractivity contribution in [1.82, 2.24) is 13.9 Å². The molecule has 2 aromatic rings. The molecule has 174 valence electrons. The molecule has 9 heteroatoms. The molecule has 0 bridgehead atoms. The van der Waals surface area contributed by atoms with Gasteiger partial charge in [0.2, 0.25) is 0 Å². The molecule has 0 N–H and O–H groups in total. The third kappa shape index (κ3) is 5.19. The Morgan fingerprint density at radius 1 is 1.19 bits per heavy atom. The standard InChI is InChI=1S/C22H34F2N4O2S/c1-16(2)14-26(4)31(29,30)27(5)18-11-12-20-19(13-18)25-21(22(3,23)24)28(20)15-17-9-7-6-8-10-17/h11-13,16-17H,6-10,14-15H2,1-5H3. The SMILES string of the molecule is CC(C)CN(C)S(=O)(=O)N(C)c1ccc2c(c1)nc(C(C)(F)F)n2CC1CCCCC1. The van der Waals surface area contributed by atoms with Crippen molar-refractivity contribution in [2.24, 2.45) is 11.8 Å². The van der Waals surface area contributed by atoms with E-state index in [1.165, 1.54) is 22.1 Å². The first-order valence-corrected chi connectivity index (χ1v) is 12.4. The Bertz CT molecular complexity index is 1010. The zero-order valence-electron chi connectivity index (χ0n) is 19.1. The number of hydrogen-bond donors (Lipinski definition) is 0. The minimum absolute atomic E-state index is 0.181. The van der Waals surface area contributed by atoms with Crippen LogP contribution in [0.3, 0.4) is 0 Å². The minimum Gasteiger partial charge on any atom is -0.323 e. The van der Waals surface area contributed by atoms with E-state index in [0.717, 1.165) is 32.6 Å². The summed E-state index contributed by atoms with van der Waals surface area (Å²) in [6.07, 6.45) is 5.54. The predicted molar refractivity (Wildman–Crippen MR) is 121 cm³/mol. The van der Waals surface area contributed by atoms with Crippen LogP contribution in [0.4, 0.5) is 14.5 Å². The van der Waals surface area contributed by atoms with Crippen LogP contribution in [-0.2, 0) is 22.7 Å². The average molecular weight is 457 g/mol. The normalized spacial score (nSPS) is 16.5. The number of anilines is 1. The van der Waals surface area contributed by atoms with Crippen molar-refractivity contribution in [3.63, 3.8) is 0 Å². The molecular weight excluding hydrogens is 422 g/mol. The average Bonchev–Trinajstić information content (AvgIpc) is 3.05. The minimum atomic E-state index is -3.73. The first kappa shape index (κ1) is 23.9. The van der Waals surface area contributed by atoms with Gasteiger partial charge < -0.3 is 4.57 Å². The van der Waals surface area contributed by atoms with Gasteiger partial charge >= 0.3 is 16.1 Å². The van der Waals surface area contributed by atoms with Crippen molar-refractivity contribution < 1.29 is 17.2 Å². The van der Waals surface area contributed by atoms with Crippen molar-refractivity contribution in [3.8, 4) is 0 Å². The molecule has 0 amide bonds. The van der Waals surface area contributed by atoms with Gasteiger partial charge in [0.1, 0.15) is 0 Å². The summed E-state index contributed by atoms with van der Waals surface area (Å²) in [5.74, 6) is -2.80. The largest absolute Gasteiger partial charge is 0.323 e. The van der Waals surface area contributed by atoms with Crippen LogP contribution in [0.1, 0.15) is 58.7 Å². The van der Waals surface area contributed by atoms with Crippen molar-refractivity contribution in [2.75, 3.05) is 24.9 Å². The summed E-state index contributed by atoms with van der Waals surface area (Å²) in [6, 6.07) is 4.96. The monoisotopic (exact) mass is 456 g/mol. The summed E-state index contributed by atoms with van der Waals surface area (Å²) in [5.41, 5.74) is 1.40. The fourth-order valence-corrected chi connectivity index (χ4v) is 5.70. The number of nitrogens with zero attached hydrogens (tertiary/aromatic N) is 4. The number of rotatable bonds is 8. The zero-order chi connectivity index (χ0) is 23.0. The number of benzene rings is 1. The molecule has 0 spiro atoms. The van der Waals surface area contributed by atoms with Crippen LogP contribution >= 0.6 is 0 Å². The Morgan fingerprint density at radius 2 is 1.84 bits per heavy atom. The van der Waals surface area contributed by atoms with E-state index in [1.54, 1.807) is 29.8 Å². The third-order valence-electron chi connectivity index (χ3n) is 6.02. The molecule has 0 radical (unpaired) electrons. The second-order valence-electron chi connectivity index (χ2n) is 9.26. The van der Waals surface area contributed by atoms with Crippen LogP contribution in [0.5, 0.6) is 0 Å². The van der Waals surface area contributed by atoms with Crippen LogP contribution in [0.25, 0.3) is 11.0 Å². The first-order valence-electron chi connectivity index (χ1n) is 11.0. The summed E-state index contributed by atoms with van der Waals surface area (Å²) in [7, 11) is -0.712. The van der Waals surface area contributed by atoms with E-state index < -0.39 is 16.1 Å². The number of fused-ring (bicyclic) bond motifs is 1. The number of hydrogen-bond acceptors (Lipinski definition) is 3. The summed E-state index contributed by atoms with van der Waals surface area (Å²) < 4.78 is 58.7. The number of aromatic nitrogens is 2. The fourth-order valence-electron chi connectivity index (χ4n) is 4.41. The lowest BCUT2D eigenvalue weighted by Gasteiger charge is -2.27. The molecule has 1 aromatic heterocycles. The maximum absolute atomic E-state index is 14.4. The third-order valence-corrected chi connectivity index (χ3v) is 7.86. The molecular formula is C22H34F2N4O2S. The Balaban J connectivity index is 1.98. The molecule has 0 saturated heterocycles. The van der Waals surface area contributed by atoms with Gasteiger partial charge in [0.05, 0.1) is 16.7 Å². The summed E-state index contributed by atoms with van der Waals surface area (Å²) in [4.78, 5) is 4.25. The second kappa shape index (κ2) is 9.02. The van der Waals surface area contributed by atoms with E-state index in [-0.39, 0.29) is 11.7 Å². The molecule has 31 heavy (non-hydrogen) atoms. The van der Waals surface area contributed by atoms with Crippen molar-refractivity contribution in [1.29, 1.82) is 0 Å². The molecule has 3 rings (SSSR count). The lowest BCUT2D eigenvalue weighted by Crippen LogP contribution is -2.41. The molecule has 6 nitrogen and oxygen atoms in total. The summed E-state index contributed by atoms with van der Waals surface area (Å²) in [5, 5.41) is 0. The molecule has 1 heterocycles. The van der Waals surface area contributed by atoms with Crippen LogP contribution in [0.2, 0.25) is 0 Å². The maximum Gasteiger partial charge on any atom is 0.303 e.